The average Bonchev–Trinajstić information content (AvgIpc) is 1.94. The Bertz CT molecular complexity index is 142. The first-order chi connectivity index (χ1) is 6.24. The molecule has 0 aliphatic rings. The maximum Gasteiger partial charge on any atom is 0.116 e. The van der Waals surface area contributed by atoms with Gasteiger partial charge in [0, 0.05) is 25.2 Å². The molecule has 0 aliphatic heterocycles. The summed E-state index contributed by atoms with van der Waals surface area (Å²) in [5.74, 6) is 0. The van der Waals surface area contributed by atoms with Crippen LogP contribution in [0.2, 0.25) is 19.6 Å². The SMILES string of the molecule is CC(C)N(CCN[Si](C)(C)C)C(C)C. The van der Waals surface area contributed by atoms with Crippen molar-refractivity contribution >= 4 is 8.24 Å². The Morgan fingerprint density at radius 2 is 1.43 bits per heavy atom. The summed E-state index contributed by atoms with van der Waals surface area (Å²) in [6, 6.07) is 1.30. The van der Waals surface area contributed by atoms with Gasteiger partial charge in [0.05, 0.1) is 0 Å². The summed E-state index contributed by atoms with van der Waals surface area (Å²) >= 11 is 0. The first-order valence-electron chi connectivity index (χ1n) is 5.75. The van der Waals surface area contributed by atoms with Gasteiger partial charge in [0.2, 0.25) is 0 Å². The van der Waals surface area contributed by atoms with Crippen LogP contribution in [0.25, 0.3) is 0 Å². The topological polar surface area (TPSA) is 15.3 Å². The Kier molecular flexibility index (Phi) is 5.94. The fourth-order valence-corrected chi connectivity index (χ4v) is 2.53. The van der Waals surface area contributed by atoms with Crippen LogP contribution in [0.1, 0.15) is 27.7 Å². The second kappa shape index (κ2) is 5.88. The highest BCUT2D eigenvalue weighted by Crippen LogP contribution is 2.04. The van der Waals surface area contributed by atoms with Gasteiger partial charge in [0.1, 0.15) is 8.24 Å². The molecule has 86 valence electrons. The normalized spacial score (nSPS) is 13.3. The van der Waals surface area contributed by atoms with Gasteiger partial charge in [-0.1, -0.05) is 19.6 Å². The van der Waals surface area contributed by atoms with E-state index in [-0.39, 0.29) is 0 Å². The predicted octanol–water partition coefficient (Wildman–Crippen LogP) is 2.53. The zero-order valence-electron chi connectivity index (χ0n) is 11.0. The molecule has 0 amide bonds. The highest BCUT2D eigenvalue weighted by Gasteiger charge is 2.15. The van der Waals surface area contributed by atoms with E-state index in [4.69, 9.17) is 0 Å². The molecule has 2 nitrogen and oxygen atoms in total. The molecular weight excluding hydrogens is 188 g/mol. The highest BCUT2D eigenvalue weighted by atomic mass is 28.3. The van der Waals surface area contributed by atoms with Crippen molar-refractivity contribution in [2.45, 2.75) is 59.4 Å². The minimum absolute atomic E-state index is 0.651. The minimum atomic E-state index is -1.07. The molecule has 0 bridgehead atoms. The van der Waals surface area contributed by atoms with Gasteiger partial charge in [-0.3, -0.25) is 4.90 Å². The molecular formula is C11H28N2Si. The lowest BCUT2D eigenvalue weighted by Gasteiger charge is -2.31. The Morgan fingerprint density at radius 3 is 1.71 bits per heavy atom. The molecule has 0 aromatic rings. The number of rotatable bonds is 6. The molecule has 1 N–H and O–H groups in total. The van der Waals surface area contributed by atoms with Crippen LogP contribution in [0.15, 0.2) is 0 Å². The molecule has 0 aliphatic carbocycles. The van der Waals surface area contributed by atoms with Gasteiger partial charge >= 0.3 is 0 Å². The zero-order valence-corrected chi connectivity index (χ0v) is 12.0. The largest absolute Gasteiger partial charge is 0.336 e. The maximum atomic E-state index is 3.66. The third kappa shape index (κ3) is 6.57. The van der Waals surface area contributed by atoms with Gasteiger partial charge in [-0.2, -0.15) is 0 Å². The monoisotopic (exact) mass is 216 g/mol. The summed E-state index contributed by atoms with van der Waals surface area (Å²) in [7, 11) is -1.07. The molecule has 3 heteroatoms. The van der Waals surface area contributed by atoms with E-state index in [1.54, 1.807) is 0 Å². The Morgan fingerprint density at radius 1 is 1.00 bits per heavy atom. The highest BCUT2D eigenvalue weighted by molar-refractivity contribution is 6.73. The molecule has 0 aromatic carbocycles. The standard InChI is InChI=1S/C11H28N2Si/c1-10(2)13(11(3)4)9-8-12-14(5,6)7/h10-12H,8-9H2,1-7H3. The fraction of sp³-hybridized carbons (Fsp3) is 1.00. The molecule has 0 unspecified atom stereocenters. The second-order valence-corrected chi connectivity index (χ2v) is 10.5. The molecule has 0 fully saturated rings. The molecule has 0 rings (SSSR count). The summed E-state index contributed by atoms with van der Waals surface area (Å²) in [5.41, 5.74) is 0. The van der Waals surface area contributed by atoms with Crippen molar-refractivity contribution < 1.29 is 0 Å². The van der Waals surface area contributed by atoms with E-state index < -0.39 is 8.24 Å². The minimum Gasteiger partial charge on any atom is -0.336 e. The van der Waals surface area contributed by atoms with Crippen LogP contribution in [0, 0.1) is 0 Å². The van der Waals surface area contributed by atoms with Crippen LogP contribution in [0.5, 0.6) is 0 Å². The summed E-state index contributed by atoms with van der Waals surface area (Å²) in [6.45, 7) is 18.4. The van der Waals surface area contributed by atoms with Crippen molar-refractivity contribution in [1.29, 1.82) is 0 Å². The third-order valence-electron chi connectivity index (χ3n) is 2.35. The van der Waals surface area contributed by atoms with Crippen molar-refractivity contribution in [2.24, 2.45) is 0 Å². The van der Waals surface area contributed by atoms with E-state index in [2.05, 4.69) is 57.2 Å². The lowest BCUT2D eigenvalue weighted by atomic mass is 10.2. The quantitative estimate of drug-likeness (QED) is 0.687. The van der Waals surface area contributed by atoms with Gasteiger partial charge in [-0.05, 0) is 27.7 Å². The van der Waals surface area contributed by atoms with Crippen LogP contribution < -0.4 is 4.98 Å². The van der Waals surface area contributed by atoms with Gasteiger partial charge in [-0.25, -0.2) is 0 Å². The van der Waals surface area contributed by atoms with Crippen molar-refractivity contribution in [2.75, 3.05) is 13.1 Å². The van der Waals surface area contributed by atoms with E-state index >= 15 is 0 Å². The van der Waals surface area contributed by atoms with Crippen molar-refractivity contribution in [3.63, 3.8) is 0 Å². The summed E-state index contributed by atoms with van der Waals surface area (Å²) in [4.78, 5) is 6.19. The van der Waals surface area contributed by atoms with Crippen molar-refractivity contribution in [1.82, 2.24) is 9.88 Å². The Labute approximate surface area is 91.2 Å². The van der Waals surface area contributed by atoms with Crippen LogP contribution in [-0.2, 0) is 0 Å². The number of hydrogen-bond donors (Lipinski definition) is 1. The van der Waals surface area contributed by atoms with E-state index in [1.165, 1.54) is 6.54 Å². The smallest absolute Gasteiger partial charge is 0.116 e. The van der Waals surface area contributed by atoms with Gasteiger partial charge in [0.25, 0.3) is 0 Å². The number of hydrogen-bond acceptors (Lipinski definition) is 2. The van der Waals surface area contributed by atoms with E-state index in [9.17, 15) is 0 Å². The van der Waals surface area contributed by atoms with Gasteiger partial charge in [-0.15, -0.1) is 0 Å². The molecule has 0 radical (unpaired) electrons. The average molecular weight is 216 g/mol. The lowest BCUT2D eigenvalue weighted by molar-refractivity contribution is 0.178. The summed E-state index contributed by atoms with van der Waals surface area (Å²) in [5, 5.41) is 0. The van der Waals surface area contributed by atoms with Crippen LogP contribution in [0.4, 0.5) is 0 Å². The van der Waals surface area contributed by atoms with Gasteiger partial charge in [0.15, 0.2) is 0 Å². The molecule has 14 heavy (non-hydrogen) atoms. The summed E-state index contributed by atoms with van der Waals surface area (Å²) in [6.07, 6.45) is 0. The van der Waals surface area contributed by atoms with Crippen LogP contribution in [-0.4, -0.2) is 38.3 Å². The summed E-state index contributed by atoms with van der Waals surface area (Å²) < 4.78 is 0. The first kappa shape index (κ1) is 14.1. The van der Waals surface area contributed by atoms with Crippen molar-refractivity contribution in [3.05, 3.63) is 0 Å². The molecule has 0 heterocycles. The molecule has 0 spiro atoms. The first-order valence-corrected chi connectivity index (χ1v) is 9.25. The van der Waals surface area contributed by atoms with E-state index in [0.717, 1.165) is 6.54 Å². The Balaban J connectivity index is 3.84. The third-order valence-corrected chi connectivity index (χ3v) is 3.66. The van der Waals surface area contributed by atoms with Crippen LogP contribution >= 0.6 is 0 Å². The molecule has 0 aromatic heterocycles. The molecule has 0 saturated carbocycles. The van der Waals surface area contributed by atoms with E-state index in [0.29, 0.717) is 12.1 Å². The zero-order chi connectivity index (χ0) is 11.4. The molecule has 0 atom stereocenters. The number of nitrogens with zero attached hydrogens (tertiary/aromatic N) is 1. The van der Waals surface area contributed by atoms with E-state index in [1.807, 2.05) is 0 Å². The Hall–Kier alpha value is 0.137. The maximum absolute atomic E-state index is 3.66. The number of nitrogens with one attached hydrogen (secondary N) is 1. The van der Waals surface area contributed by atoms with Gasteiger partial charge < -0.3 is 4.98 Å². The van der Waals surface area contributed by atoms with Crippen molar-refractivity contribution in [3.8, 4) is 0 Å². The predicted molar refractivity (Wildman–Crippen MR) is 68.3 cm³/mol. The molecule has 0 saturated heterocycles. The second-order valence-electron chi connectivity index (χ2n) is 5.60. The van der Waals surface area contributed by atoms with Crippen LogP contribution in [0.3, 0.4) is 0 Å². The fourth-order valence-electron chi connectivity index (χ4n) is 1.67. The lowest BCUT2D eigenvalue weighted by Crippen LogP contribution is -2.48.